The Morgan fingerprint density at radius 1 is 1.06 bits per heavy atom. The molecule has 35 heavy (non-hydrogen) atoms. The number of methoxy groups -OCH3 is 1. The Morgan fingerprint density at radius 2 is 1.74 bits per heavy atom. The molecule has 0 radical (unpaired) electrons. The molecule has 0 fully saturated rings. The Labute approximate surface area is 207 Å². The van der Waals surface area contributed by atoms with Crippen LogP contribution in [0.5, 0.6) is 5.75 Å². The molecule has 0 saturated heterocycles. The van der Waals surface area contributed by atoms with Crippen molar-refractivity contribution in [3.05, 3.63) is 53.1 Å². The van der Waals surface area contributed by atoms with Gasteiger partial charge in [-0.1, -0.05) is 19.1 Å². The molecule has 186 valence electrons. The highest BCUT2D eigenvalue weighted by Gasteiger charge is 2.27. The number of hydrogen-bond acceptors (Lipinski definition) is 8. The van der Waals surface area contributed by atoms with E-state index >= 15 is 0 Å². The number of carbonyl (C=O) groups is 3. The molecule has 0 N–H and O–H groups in total. The quantitative estimate of drug-likeness (QED) is 0.311. The van der Waals surface area contributed by atoms with Gasteiger partial charge in [-0.25, -0.2) is 9.37 Å². The van der Waals surface area contributed by atoms with E-state index in [4.69, 9.17) is 4.74 Å². The van der Waals surface area contributed by atoms with Gasteiger partial charge >= 0.3 is 0 Å². The van der Waals surface area contributed by atoms with Gasteiger partial charge in [0.2, 0.25) is 0 Å². The number of rotatable bonds is 10. The number of nitrogens with zero attached hydrogens (tertiary/aromatic N) is 5. The lowest BCUT2D eigenvalue weighted by Crippen LogP contribution is -2.36. The lowest BCUT2D eigenvalue weighted by molar-refractivity contribution is -0.124. The fourth-order valence-corrected chi connectivity index (χ4v) is 4.14. The summed E-state index contributed by atoms with van der Waals surface area (Å²) in [7, 11) is 6.05. The summed E-state index contributed by atoms with van der Waals surface area (Å²) in [5, 5.41) is 0. The van der Waals surface area contributed by atoms with Crippen molar-refractivity contribution >= 4 is 39.3 Å². The van der Waals surface area contributed by atoms with Gasteiger partial charge in [-0.3, -0.25) is 19.3 Å². The van der Waals surface area contributed by atoms with E-state index < -0.39 is 11.7 Å². The minimum Gasteiger partial charge on any atom is -0.494 e. The molecule has 0 spiro atoms. The largest absolute Gasteiger partial charge is 0.494 e. The summed E-state index contributed by atoms with van der Waals surface area (Å²) in [6, 6.07) is 7.94. The predicted octanol–water partition coefficient (Wildman–Crippen LogP) is 2.70. The third-order valence-electron chi connectivity index (χ3n) is 5.52. The predicted molar refractivity (Wildman–Crippen MR) is 131 cm³/mol. The number of ether oxygens (including phenoxy) is 1. The standard InChI is InChI=1S/C24H28FN5O4S/c1-6-30(14-15-7-9-16(25)10-8-15)12-11-29(4)23(32)19-17(34-5)13-18-20(26-19)21(27-35-18)22(31)24(33)28(2)3/h7-10,13H,6,11-12,14H2,1-5H3. The first-order valence-corrected chi connectivity index (χ1v) is 11.8. The molecule has 0 saturated carbocycles. The number of Topliss-reactive ketones (excluding diaryl/α,β-unsaturated/α-hetero) is 1. The van der Waals surface area contributed by atoms with Gasteiger partial charge in [0.05, 0.1) is 11.8 Å². The molecule has 0 aliphatic rings. The normalized spacial score (nSPS) is 11.1. The van der Waals surface area contributed by atoms with E-state index in [1.54, 1.807) is 25.2 Å². The van der Waals surface area contributed by atoms with E-state index in [0.29, 0.717) is 24.3 Å². The van der Waals surface area contributed by atoms with Crippen molar-refractivity contribution in [2.45, 2.75) is 13.5 Å². The number of aromatic nitrogens is 2. The average molecular weight is 502 g/mol. The van der Waals surface area contributed by atoms with Crippen LogP contribution in [-0.4, -0.2) is 89.5 Å². The summed E-state index contributed by atoms with van der Waals surface area (Å²) in [6.45, 7) is 4.38. The Morgan fingerprint density at radius 3 is 2.34 bits per heavy atom. The van der Waals surface area contributed by atoms with Gasteiger partial charge in [0.1, 0.15) is 11.3 Å². The molecule has 2 amide bonds. The summed E-state index contributed by atoms with van der Waals surface area (Å²) in [5.74, 6) is -1.91. The van der Waals surface area contributed by atoms with Crippen molar-refractivity contribution in [3.63, 3.8) is 0 Å². The highest BCUT2D eigenvalue weighted by atomic mass is 32.1. The Kier molecular flexibility index (Phi) is 8.47. The van der Waals surface area contributed by atoms with Crippen LogP contribution in [0.1, 0.15) is 33.5 Å². The first-order valence-electron chi connectivity index (χ1n) is 11.0. The van der Waals surface area contributed by atoms with Gasteiger partial charge < -0.3 is 14.5 Å². The minimum atomic E-state index is -0.787. The molecule has 11 heteroatoms. The molecular formula is C24H28FN5O4S. The Hall–Kier alpha value is -3.44. The number of fused-ring (bicyclic) bond motifs is 1. The van der Waals surface area contributed by atoms with Crippen molar-refractivity contribution in [3.8, 4) is 5.75 Å². The number of pyridine rings is 1. The summed E-state index contributed by atoms with van der Waals surface area (Å²) in [5.41, 5.74) is 1.12. The van der Waals surface area contributed by atoms with Crippen molar-refractivity contribution in [1.82, 2.24) is 24.1 Å². The number of hydrogen-bond donors (Lipinski definition) is 0. The molecule has 3 rings (SSSR count). The highest BCUT2D eigenvalue weighted by molar-refractivity contribution is 7.13. The van der Waals surface area contributed by atoms with Crippen LogP contribution in [0, 0.1) is 5.82 Å². The van der Waals surface area contributed by atoms with E-state index in [2.05, 4.69) is 14.3 Å². The van der Waals surface area contributed by atoms with Gasteiger partial charge in [0.15, 0.2) is 17.1 Å². The molecule has 0 bridgehead atoms. The number of benzene rings is 1. The second-order valence-corrected chi connectivity index (χ2v) is 8.97. The fourth-order valence-electron chi connectivity index (χ4n) is 3.39. The maximum absolute atomic E-state index is 13.3. The van der Waals surface area contributed by atoms with Crippen LogP contribution in [0.15, 0.2) is 30.3 Å². The lowest BCUT2D eigenvalue weighted by Gasteiger charge is -2.24. The summed E-state index contributed by atoms with van der Waals surface area (Å²) in [6.07, 6.45) is 0. The number of carbonyl (C=O) groups excluding carboxylic acids is 3. The zero-order chi connectivity index (χ0) is 25.7. The molecule has 9 nitrogen and oxygen atoms in total. The topological polar surface area (TPSA) is 95.9 Å². The van der Waals surface area contributed by atoms with Gasteiger partial charge in [0.25, 0.3) is 17.6 Å². The van der Waals surface area contributed by atoms with Crippen molar-refractivity contribution in [2.75, 3.05) is 47.9 Å². The van der Waals surface area contributed by atoms with Crippen LogP contribution in [-0.2, 0) is 11.3 Å². The smallest absolute Gasteiger partial charge is 0.296 e. The molecule has 0 unspecified atom stereocenters. The van der Waals surface area contributed by atoms with Gasteiger partial charge in [-0.15, -0.1) is 0 Å². The lowest BCUT2D eigenvalue weighted by atomic mass is 10.2. The van der Waals surface area contributed by atoms with E-state index in [1.165, 1.54) is 43.1 Å². The van der Waals surface area contributed by atoms with E-state index in [1.807, 2.05) is 6.92 Å². The number of ketones is 1. The fraction of sp³-hybridized carbons (Fsp3) is 0.375. The van der Waals surface area contributed by atoms with Gasteiger partial charge in [0, 0.05) is 46.8 Å². The van der Waals surface area contributed by atoms with Gasteiger partial charge in [-0.05, 0) is 35.8 Å². The van der Waals surface area contributed by atoms with E-state index in [9.17, 15) is 18.8 Å². The number of amides is 2. The summed E-state index contributed by atoms with van der Waals surface area (Å²) >= 11 is 1.01. The van der Waals surface area contributed by atoms with Crippen LogP contribution in [0.2, 0.25) is 0 Å². The minimum absolute atomic E-state index is 0.0376. The second-order valence-electron chi connectivity index (χ2n) is 8.17. The maximum atomic E-state index is 13.3. The highest BCUT2D eigenvalue weighted by Crippen LogP contribution is 2.29. The maximum Gasteiger partial charge on any atom is 0.296 e. The van der Waals surface area contributed by atoms with Crippen LogP contribution in [0.3, 0.4) is 0 Å². The molecule has 2 aromatic heterocycles. The second kappa shape index (κ2) is 11.3. The monoisotopic (exact) mass is 501 g/mol. The summed E-state index contributed by atoms with van der Waals surface area (Å²) in [4.78, 5) is 47.2. The van der Waals surface area contributed by atoms with Crippen LogP contribution in [0.25, 0.3) is 10.2 Å². The number of halogens is 1. The number of likely N-dealkylation sites (N-methyl/N-ethyl adjacent to an activating group) is 3. The average Bonchev–Trinajstić information content (AvgIpc) is 3.27. The zero-order valence-electron chi connectivity index (χ0n) is 20.4. The summed E-state index contributed by atoms with van der Waals surface area (Å²) < 4.78 is 23.2. The van der Waals surface area contributed by atoms with Crippen molar-refractivity contribution < 1.29 is 23.5 Å². The Balaban J connectivity index is 1.79. The zero-order valence-corrected chi connectivity index (χ0v) is 21.2. The first kappa shape index (κ1) is 26.2. The van der Waals surface area contributed by atoms with Crippen LogP contribution >= 0.6 is 11.5 Å². The molecule has 0 atom stereocenters. The Bertz CT molecular complexity index is 1230. The third-order valence-corrected chi connectivity index (χ3v) is 6.30. The molecule has 0 aliphatic heterocycles. The van der Waals surface area contributed by atoms with Crippen LogP contribution in [0.4, 0.5) is 4.39 Å². The SMILES string of the molecule is CCN(CCN(C)C(=O)c1nc2c(C(=O)C(=O)N(C)C)nsc2cc1OC)Cc1ccc(F)cc1. The van der Waals surface area contributed by atoms with E-state index in [0.717, 1.165) is 23.6 Å². The molecular weight excluding hydrogens is 473 g/mol. The molecule has 3 aromatic rings. The first-order chi connectivity index (χ1) is 16.7. The van der Waals surface area contributed by atoms with Crippen molar-refractivity contribution in [1.29, 1.82) is 0 Å². The molecule has 2 heterocycles. The van der Waals surface area contributed by atoms with E-state index in [-0.39, 0.29) is 34.4 Å². The molecule has 1 aromatic carbocycles. The molecule has 0 aliphatic carbocycles. The third kappa shape index (κ3) is 5.98. The van der Waals surface area contributed by atoms with Crippen LogP contribution < -0.4 is 4.74 Å². The van der Waals surface area contributed by atoms with Gasteiger partial charge in [-0.2, -0.15) is 4.37 Å². The van der Waals surface area contributed by atoms with Crippen molar-refractivity contribution in [2.24, 2.45) is 0 Å².